The summed E-state index contributed by atoms with van der Waals surface area (Å²) >= 11 is 0. The molecule has 0 aromatic rings. The first kappa shape index (κ1) is 14.3. The highest BCUT2D eigenvalue weighted by molar-refractivity contribution is 5.11. The second-order valence-corrected chi connectivity index (χ2v) is 7.45. The smallest absolute Gasteiger partial charge is 0.0878 e. The van der Waals surface area contributed by atoms with Crippen LogP contribution in [0.25, 0.3) is 0 Å². The fraction of sp³-hybridized carbons (Fsp3) is 1.00. The molecule has 0 radical (unpaired) electrons. The number of fused-ring (bicyclic) bond motifs is 1. The molecule has 0 aliphatic heterocycles. The first-order chi connectivity index (χ1) is 8.12. The van der Waals surface area contributed by atoms with Crippen LogP contribution >= 0.6 is 0 Å². The molecule has 0 bridgehead atoms. The first-order valence-electron chi connectivity index (χ1n) is 7.25. The lowest BCUT2D eigenvalue weighted by Gasteiger charge is -2.43. The third kappa shape index (κ3) is 1.91. The van der Waals surface area contributed by atoms with Crippen molar-refractivity contribution in [2.75, 3.05) is 0 Å². The Morgan fingerprint density at radius 1 is 1.06 bits per heavy atom. The normalized spacial score (nSPS) is 53.3. The second kappa shape index (κ2) is 4.19. The quantitative estimate of drug-likeness (QED) is 0.673. The van der Waals surface area contributed by atoms with Crippen molar-refractivity contribution >= 4 is 0 Å². The van der Waals surface area contributed by atoms with Crippen molar-refractivity contribution in [3.8, 4) is 0 Å². The summed E-state index contributed by atoms with van der Waals surface area (Å²) in [5.41, 5.74) is -2.06. The molecule has 3 nitrogen and oxygen atoms in total. The minimum absolute atomic E-state index is 0.262. The van der Waals surface area contributed by atoms with E-state index in [1.54, 1.807) is 6.92 Å². The molecule has 0 aromatic carbocycles. The van der Waals surface area contributed by atoms with Crippen LogP contribution in [-0.2, 0) is 0 Å². The summed E-state index contributed by atoms with van der Waals surface area (Å²) in [7, 11) is 0. The molecule has 0 saturated heterocycles. The molecule has 5 atom stereocenters. The van der Waals surface area contributed by atoms with Gasteiger partial charge in [-0.2, -0.15) is 0 Å². The minimum atomic E-state index is -1.06. The molecule has 0 aromatic heterocycles. The van der Waals surface area contributed by atoms with Gasteiger partial charge in [0.25, 0.3) is 0 Å². The third-order valence-electron chi connectivity index (χ3n) is 5.84. The van der Waals surface area contributed by atoms with E-state index in [9.17, 15) is 15.3 Å². The molecule has 0 spiro atoms. The standard InChI is InChI=1S/C15H28O3/c1-10(2)11-5-6-13(3)9-12(16)14(4,17)7-8-15(11,13)18/h10-12,16-18H,5-9H2,1-4H3/t11-,12-,13-,14+,15+/m1/s1. The fourth-order valence-electron chi connectivity index (χ4n) is 4.28. The van der Waals surface area contributed by atoms with Crippen LogP contribution in [0.5, 0.6) is 0 Å². The van der Waals surface area contributed by atoms with Gasteiger partial charge in [-0.25, -0.2) is 0 Å². The van der Waals surface area contributed by atoms with Gasteiger partial charge in [-0.1, -0.05) is 20.8 Å². The van der Waals surface area contributed by atoms with E-state index in [0.29, 0.717) is 25.2 Å². The highest BCUT2D eigenvalue weighted by Gasteiger charge is 2.60. The van der Waals surface area contributed by atoms with Crippen LogP contribution in [-0.4, -0.2) is 32.6 Å². The summed E-state index contributed by atoms with van der Waals surface area (Å²) in [6, 6.07) is 0. The molecule has 2 aliphatic carbocycles. The maximum atomic E-state index is 11.2. The van der Waals surface area contributed by atoms with E-state index in [2.05, 4.69) is 20.8 Å². The summed E-state index contributed by atoms with van der Waals surface area (Å²) in [6.45, 7) is 8.09. The van der Waals surface area contributed by atoms with E-state index < -0.39 is 17.3 Å². The number of aliphatic hydroxyl groups is 3. The van der Waals surface area contributed by atoms with Crippen molar-refractivity contribution in [3.05, 3.63) is 0 Å². The fourth-order valence-corrected chi connectivity index (χ4v) is 4.28. The molecule has 2 aliphatic rings. The Labute approximate surface area is 110 Å². The predicted molar refractivity (Wildman–Crippen MR) is 71.1 cm³/mol. The van der Waals surface area contributed by atoms with Gasteiger partial charge < -0.3 is 15.3 Å². The summed E-state index contributed by atoms with van der Waals surface area (Å²) in [5, 5.41) is 31.7. The van der Waals surface area contributed by atoms with Gasteiger partial charge in [-0.3, -0.25) is 0 Å². The Balaban J connectivity index is 2.35. The highest BCUT2D eigenvalue weighted by atomic mass is 16.3. The largest absolute Gasteiger partial charge is 0.390 e. The van der Waals surface area contributed by atoms with E-state index in [4.69, 9.17) is 0 Å². The molecule has 3 heteroatoms. The Morgan fingerprint density at radius 3 is 2.22 bits per heavy atom. The second-order valence-electron chi connectivity index (χ2n) is 7.45. The van der Waals surface area contributed by atoms with Crippen LogP contribution in [0.1, 0.15) is 59.8 Å². The lowest BCUT2D eigenvalue weighted by Crippen LogP contribution is -2.48. The van der Waals surface area contributed by atoms with Gasteiger partial charge >= 0.3 is 0 Å². The maximum Gasteiger partial charge on any atom is 0.0878 e. The summed E-state index contributed by atoms with van der Waals surface area (Å²) in [4.78, 5) is 0. The molecule has 0 heterocycles. The molecule has 3 N–H and O–H groups in total. The molecule has 106 valence electrons. The van der Waals surface area contributed by atoms with Gasteiger partial charge in [0.2, 0.25) is 0 Å². The maximum absolute atomic E-state index is 11.2. The van der Waals surface area contributed by atoms with Crippen LogP contribution in [0.4, 0.5) is 0 Å². The minimum Gasteiger partial charge on any atom is -0.390 e. The van der Waals surface area contributed by atoms with Crippen molar-refractivity contribution in [2.24, 2.45) is 17.3 Å². The lowest BCUT2D eigenvalue weighted by atomic mass is 9.67. The van der Waals surface area contributed by atoms with E-state index in [0.717, 1.165) is 12.8 Å². The summed E-state index contributed by atoms with van der Waals surface area (Å²) in [6.07, 6.45) is 2.81. The van der Waals surface area contributed by atoms with E-state index >= 15 is 0 Å². The Kier molecular flexibility index (Phi) is 3.33. The zero-order valence-corrected chi connectivity index (χ0v) is 12.1. The monoisotopic (exact) mass is 256 g/mol. The van der Waals surface area contributed by atoms with E-state index in [-0.39, 0.29) is 11.3 Å². The summed E-state index contributed by atoms with van der Waals surface area (Å²) in [5.74, 6) is 0.723. The van der Waals surface area contributed by atoms with Crippen molar-refractivity contribution in [2.45, 2.75) is 77.1 Å². The Morgan fingerprint density at radius 2 is 1.67 bits per heavy atom. The van der Waals surface area contributed by atoms with Crippen LogP contribution in [0.15, 0.2) is 0 Å². The van der Waals surface area contributed by atoms with Crippen molar-refractivity contribution in [1.29, 1.82) is 0 Å². The highest BCUT2D eigenvalue weighted by Crippen LogP contribution is 2.59. The van der Waals surface area contributed by atoms with Crippen LogP contribution in [0, 0.1) is 17.3 Å². The van der Waals surface area contributed by atoms with Gasteiger partial charge in [0.05, 0.1) is 17.3 Å². The van der Waals surface area contributed by atoms with Gasteiger partial charge in [0.15, 0.2) is 0 Å². The number of rotatable bonds is 1. The van der Waals surface area contributed by atoms with Gasteiger partial charge in [-0.05, 0) is 56.3 Å². The summed E-state index contributed by atoms with van der Waals surface area (Å²) < 4.78 is 0. The number of hydrogen-bond donors (Lipinski definition) is 3. The van der Waals surface area contributed by atoms with Crippen molar-refractivity contribution in [3.63, 3.8) is 0 Å². The topological polar surface area (TPSA) is 60.7 Å². The van der Waals surface area contributed by atoms with E-state index in [1.165, 1.54) is 0 Å². The zero-order valence-electron chi connectivity index (χ0n) is 12.1. The van der Waals surface area contributed by atoms with E-state index in [1.807, 2.05) is 0 Å². The van der Waals surface area contributed by atoms with Crippen LogP contribution < -0.4 is 0 Å². The van der Waals surface area contributed by atoms with Gasteiger partial charge in [0.1, 0.15) is 0 Å². The average molecular weight is 256 g/mol. The van der Waals surface area contributed by atoms with Gasteiger partial charge in [0, 0.05) is 0 Å². The molecular formula is C15H28O3. The van der Waals surface area contributed by atoms with Crippen LogP contribution in [0.3, 0.4) is 0 Å². The number of hydrogen-bond acceptors (Lipinski definition) is 3. The Hall–Kier alpha value is -0.120. The third-order valence-corrected chi connectivity index (χ3v) is 5.84. The predicted octanol–water partition coefficient (Wildman–Crippen LogP) is 2.09. The first-order valence-corrected chi connectivity index (χ1v) is 7.25. The Bertz CT molecular complexity index is 326. The SMILES string of the molecule is CC(C)[C@H]1CC[C@]2(C)C[C@@H](O)[C@@](C)(O)CC[C@]12O. The molecule has 2 saturated carbocycles. The van der Waals surface area contributed by atoms with Crippen molar-refractivity contribution in [1.82, 2.24) is 0 Å². The van der Waals surface area contributed by atoms with Gasteiger partial charge in [-0.15, -0.1) is 0 Å². The average Bonchev–Trinajstić information content (AvgIpc) is 2.46. The molecule has 2 fully saturated rings. The molecule has 2 rings (SSSR count). The zero-order chi connectivity index (χ0) is 13.8. The lowest BCUT2D eigenvalue weighted by molar-refractivity contribution is -0.107. The molecular weight excluding hydrogens is 228 g/mol. The van der Waals surface area contributed by atoms with Crippen molar-refractivity contribution < 1.29 is 15.3 Å². The molecule has 18 heavy (non-hydrogen) atoms. The molecule has 0 amide bonds. The molecule has 0 unspecified atom stereocenters. The number of aliphatic hydroxyl groups excluding tert-OH is 1. The van der Waals surface area contributed by atoms with Crippen LogP contribution in [0.2, 0.25) is 0 Å².